The van der Waals surface area contributed by atoms with Crippen molar-refractivity contribution in [2.24, 2.45) is 17.8 Å². The smallest absolute Gasteiger partial charge is 0.0100 e. The van der Waals surface area contributed by atoms with E-state index in [1.54, 1.807) is 0 Å². The van der Waals surface area contributed by atoms with Crippen molar-refractivity contribution in [2.75, 3.05) is 0 Å². The second-order valence-corrected chi connectivity index (χ2v) is 5.32. The Morgan fingerprint density at radius 1 is 1.23 bits per heavy atom. The van der Waals surface area contributed by atoms with Gasteiger partial charge in [-0.25, -0.2) is 0 Å². The molecule has 2 saturated carbocycles. The Morgan fingerprint density at radius 2 is 1.92 bits per heavy atom. The Balaban J connectivity index is 1.72. The third kappa shape index (κ3) is 1.76. The molecule has 0 aromatic heterocycles. The van der Waals surface area contributed by atoms with Gasteiger partial charge in [-0.1, -0.05) is 20.3 Å². The molecule has 2 aliphatic rings. The van der Waals surface area contributed by atoms with E-state index in [0.29, 0.717) is 0 Å². The second-order valence-electron chi connectivity index (χ2n) is 5.32. The predicted molar refractivity (Wildman–Crippen MR) is 56.7 cm³/mol. The van der Waals surface area contributed by atoms with Crippen LogP contribution in [-0.2, 0) is 0 Å². The first kappa shape index (κ1) is 9.51. The maximum absolute atomic E-state index is 3.80. The summed E-state index contributed by atoms with van der Waals surface area (Å²) in [6.07, 6.45) is 5.79. The molecule has 13 heavy (non-hydrogen) atoms. The highest BCUT2D eigenvalue weighted by Gasteiger charge is 2.36. The van der Waals surface area contributed by atoms with Crippen LogP contribution in [0.2, 0.25) is 0 Å². The Bertz CT molecular complexity index is 172. The zero-order chi connectivity index (χ0) is 9.42. The lowest BCUT2D eigenvalue weighted by molar-refractivity contribution is 0.104. The molecule has 76 valence electrons. The summed E-state index contributed by atoms with van der Waals surface area (Å²) in [6, 6.07) is 1.60. The summed E-state index contributed by atoms with van der Waals surface area (Å²) in [4.78, 5) is 0. The summed E-state index contributed by atoms with van der Waals surface area (Å²) in [5.74, 6) is 2.84. The zero-order valence-corrected chi connectivity index (χ0v) is 9.22. The quantitative estimate of drug-likeness (QED) is 0.706. The Labute approximate surface area is 82.3 Å². The maximum Gasteiger partial charge on any atom is 0.0100 e. The average molecular weight is 181 g/mol. The van der Waals surface area contributed by atoms with Gasteiger partial charge in [0.1, 0.15) is 0 Å². The molecule has 1 heteroatoms. The van der Waals surface area contributed by atoms with E-state index in [-0.39, 0.29) is 0 Å². The lowest BCUT2D eigenvalue weighted by Gasteiger charge is -2.45. The van der Waals surface area contributed by atoms with Gasteiger partial charge in [-0.3, -0.25) is 0 Å². The highest BCUT2D eigenvalue weighted by molar-refractivity contribution is 4.92. The molecular weight excluding hydrogens is 158 g/mol. The van der Waals surface area contributed by atoms with Gasteiger partial charge >= 0.3 is 0 Å². The van der Waals surface area contributed by atoms with Crippen molar-refractivity contribution < 1.29 is 0 Å². The molecule has 0 aliphatic heterocycles. The van der Waals surface area contributed by atoms with E-state index in [2.05, 4.69) is 26.1 Å². The molecule has 4 atom stereocenters. The third-order valence-electron chi connectivity index (χ3n) is 4.49. The summed E-state index contributed by atoms with van der Waals surface area (Å²) < 4.78 is 0. The minimum absolute atomic E-state index is 0.772. The first-order chi connectivity index (χ1) is 6.18. The molecule has 1 N–H and O–H groups in total. The van der Waals surface area contributed by atoms with E-state index in [0.717, 1.165) is 29.8 Å². The predicted octanol–water partition coefficient (Wildman–Crippen LogP) is 2.81. The van der Waals surface area contributed by atoms with E-state index in [4.69, 9.17) is 0 Å². The fraction of sp³-hybridized carbons (Fsp3) is 1.00. The standard InChI is InChI=1S/C12H23N/c1-8-7-12(9(8)2)13-10(3)11-5-4-6-11/h8-13H,4-7H2,1-3H3/t8?,9?,10-,12?/m1/s1. The SMILES string of the molecule is CC1CC(N[C@H](C)C2CCC2)C1C. The minimum Gasteiger partial charge on any atom is -0.311 e. The molecule has 0 heterocycles. The van der Waals surface area contributed by atoms with Crippen LogP contribution in [0, 0.1) is 17.8 Å². The van der Waals surface area contributed by atoms with Crippen LogP contribution in [0.25, 0.3) is 0 Å². The minimum atomic E-state index is 0.772. The molecule has 2 aliphatic carbocycles. The number of hydrogen-bond acceptors (Lipinski definition) is 1. The van der Waals surface area contributed by atoms with Crippen LogP contribution in [0.15, 0.2) is 0 Å². The second kappa shape index (κ2) is 3.61. The summed E-state index contributed by atoms with van der Waals surface area (Å²) >= 11 is 0. The highest BCUT2D eigenvalue weighted by atomic mass is 15.0. The summed E-state index contributed by atoms with van der Waals surface area (Å²) in [7, 11) is 0. The van der Waals surface area contributed by atoms with Gasteiger partial charge in [0.2, 0.25) is 0 Å². The molecule has 2 fully saturated rings. The highest BCUT2D eigenvalue weighted by Crippen LogP contribution is 2.36. The molecule has 0 aromatic rings. The van der Waals surface area contributed by atoms with Crippen LogP contribution >= 0.6 is 0 Å². The van der Waals surface area contributed by atoms with Gasteiger partial charge in [0, 0.05) is 12.1 Å². The van der Waals surface area contributed by atoms with Gasteiger partial charge in [0.25, 0.3) is 0 Å². The van der Waals surface area contributed by atoms with Gasteiger partial charge < -0.3 is 5.32 Å². The van der Waals surface area contributed by atoms with Crippen molar-refractivity contribution >= 4 is 0 Å². The van der Waals surface area contributed by atoms with E-state index in [1.807, 2.05) is 0 Å². The van der Waals surface area contributed by atoms with E-state index in [9.17, 15) is 0 Å². The van der Waals surface area contributed by atoms with Crippen LogP contribution in [-0.4, -0.2) is 12.1 Å². The van der Waals surface area contributed by atoms with Crippen molar-refractivity contribution in [3.63, 3.8) is 0 Å². The van der Waals surface area contributed by atoms with Crippen LogP contribution in [0.4, 0.5) is 0 Å². The first-order valence-corrected chi connectivity index (χ1v) is 5.94. The summed E-state index contributed by atoms with van der Waals surface area (Å²) in [6.45, 7) is 7.13. The molecular formula is C12H23N. The van der Waals surface area contributed by atoms with Crippen LogP contribution < -0.4 is 5.32 Å². The average Bonchev–Trinajstić information content (AvgIpc) is 2.00. The first-order valence-electron chi connectivity index (χ1n) is 5.94. The van der Waals surface area contributed by atoms with E-state index < -0.39 is 0 Å². The molecule has 2 rings (SSSR count). The van der Waals surface area contributed by atoms with Crippen LogP contribution in [0.1, 0.15) is 46.5 Å². The fourth-order valence-electron chi connectivity index (χ4n) is 2.66. The van der Waals surface area contributed by atoms with Crippen LogP contribution in [0.3, 0.4) is 0 Å². The molecule has 0 amide bonds. The fourth-order valence-corrected chi connectivity index (χ4v) is 2.66. The van der Waals surface area contributed by atoms with Gasteiger partial charge in [-0.15, -0.1) is 0 Å². The number of nitrogens with one attached hydrogen (secondary N) is 1. The molecule has 1 nitrogen and oxygen atoms in total. The lowest BCUT2D eigenvalue weighted by Crippen LogP contribution is -2.53. The molecule has 0 aromatic carbocycles. The Hall–Kier alpha value is -0.0400. The third-order valence-corrected chi connectivity index (χ3v) is 4.49. The van der Waals surface area contributed by atoms with Crippen molar-refractivity contribution in [1.29, 1.82) is 0 Å². The van der Waals surface area contributed by atoms with Crippen molar-refractivity contribution in [3.05, 3.63) is 0 Å². The lowest BCUT2D eigenvalue weighted by atomic mass is 9.70. The molecule has 0 saturated heterocycles. The van der Waals surface area contributed by atoms with E-state index >= 15 is 0 Å². The molecule has 0 radical (unpaired) electrons. The van der Waals surface area contributed by atoms with Crippen molar-refractivity contribution in [2.45, 2.75) is 58.5 Å². The largest absolute Gasteiger partial charge is 0.311 e. The normalized spacial score (nSPS) is 42.2. The van der Waals surface area contributed by atoms with Crippen LogP contribution in [0.5, 0.6) is 0 Å². The van der Waals surface area contributed by atoms with Gasteiger partial charge in [0.05, 0.1) is 0 Å². The molecule has 0 spiro atoms. The Kier molecular flexibility index (Phi) is 2.64. The van der Waals surface area contributed by atoms with Gasteiger partial charge in [-0.05, 0) is 43.9 Å². The molecule has 0 bridgehead atoms. The monoisotopic (exact) mass is 181 g/mol. The number of rotatable bonds is 3. The maximum atomic E-state index is 3.80. The number of hydrogen-bond donors (Lipinski definition) is 1. The molecule has 3 unspecified atom stereocenters. The topological polar surface area (TPSA) is 12.0 Å². The Morgan fingerprint density at radius 3 is 2.31 bits per heavy atom. The van der Waals surface area contributed by atoms with E-state index in [1.165, 1.54) is 25.7 Å². The summed E-state index contributed by atoms with van der Waals surface area (Å²) in [5, 5.41) is 3.80. The van der Waals surface area contributed by atoms with Crippen molar-refractivity contribution in [1.82, 2.24) is 5.32 Å². The summed E-state index contributed by atoms with van der Waals surface area (Å²) in [5.41, 5.74) is 0. The van der Waals surface area contributed by atoms with Gasteiger partial charge in [-0.2, -0.15) is 0 Å². The van der Waals surface area contributed by atoms with Gasteiger partial charge in [0.15, 0.2) is 0 Å². The zero-order valence-electron chi connectivity index (χ0n) is 9.22. The van der Waals surface area contributed by atoms with Crippen molar-refractivity contribution in [3.8, 4) is 0 Å².